The summed E-state index contributed by atoms with van der Waals surface area (Å²) in [6, 6.07) is 3.78. The lowest BCUT2D eigenvalue weighted by atomic mass is 10.2. The number of imidazole rings is 1. The molecule has 1 atom stereocenters. The zero-order valence-corrected chi connectivity index (χ0v) is 10.7. The molecule has 2 nitrogen and oxygen atoms in total. The van der Waals surface area contributed by atoms with E-state index in [1.807, 2.05) is 0 Å². The highest BCUT2D eigenvalue weighted by Crippen LogP contribution is 2.28. The predicted octanol–water partition coefficient (Wildman–Crippen LogP) is 4.54. The smallest absolute Gasteiger partial charge is 0.263 e. The molecule has 104 valence electrons. The molecule has 1 heterocycles. The normalized spacial score (nSPS) is 13.7. The first kappa shape index (κ1) is 14.1. The van der Waals surface area contributed by atoms with Crippen molar-refractivity contribution in [1.82, 2.24) is 9.55 Å². The maximum absolute atomic E-state index is 12.6. The Morgan fingerprint density at radius 1 is 1.26 bits per heavy atom. The van der Waals surface area contributed by atoms with Crippen molar-refractivity contribution in [2.45, 2.75) is 31.7 Å². The number of rotatable bonds is 4. The zero-order chi connectivity index (χ0) is 14.2. The molecule has 0 radical (unpaired) electrons. The van der Waals surface area contributed by atoms with Crippen LogP contribution in [0.1, 0.15) is 30.1 Å². The summed E-state index contributed by atoms with van der Waals surface area (Å²) in [5.41, 5.74) is 0.441. The van der Waals surface area contributed by atoms with E-state index in [-0.39, 0.29) is 16.9 Å². The van der Waals surface area contributed by atoms with E-state index in [1.165, 1.54) is 22.8 Å². The van der Waals surface area contributed by atoms with Crippen LogP contribution in [0.3, 0.4) is 0 Å². The summed E-state index contributed by atoms with van der Waals surface area (Å²) in [4.78, 5) is 4.07. The number of aromatic nitrogens is 2. The van der Waals surface area contributed by atoms with Gasteiger partial charge in [-0.1, -0.05) is 6.07 Å². The van der Waals surface area contributed by atoms with Gasteiger partial charge in [-0.25, -0.2) is 22.5 Å². The van der Waals surface area contributed by atoms with E-state index in [9.17, 15) is 17.6 Å². The van der Waals surface area contributed by atoms with Gasteiger partial charge in [0.25, 0.3) is 12.9 Å². The van der Waals surface area contributed by atoms with Gasteiger partial charge >= 0.3 is 0 Å². The number of hydrogen-bond acceptors (Lipinski definition) is 1. The van der Waals surface area contributed by atoms with Crippen molar-refractivity contribution in [3.63, 3.8) is 0 Å². The number of nitrogens with zero attached hydrogens (tertiary/aromatic N) is 2. The van der Waals surface area contributed by atoms with Crippen molar-refractivity contribution >= 4 is 22.6 Å². The lowest BCUT2D eigenvalue weighted by Gasteiger charge is -2.09. The van der Waals surface area contributed by atoms with Gasteiger partial charge in [0.2, 0.25) is 0 Å². The van der Waals surface area contributed by atoms with Crippen LogP contribution in [0, 0.1) is 0 Å². The molecule has 0 amide bonds. The Kier molecular flexibility index (Phi) is 3.99. The van der Waals surface area contributed by atoms with Gasteiger partial charge in [-0.3, -0.25) is 0 Å². The Hall–Kier alpha value is -1.30. The zero-order valence-electron chi connectivity index (χ0n) is 9.96. The highest BCUT2D eigenvalue weighted by molar-refractivity contribution is 6.20. The second kappa shape index (κ2) is 5.36. The lowest BCUT2D eigenvalue weighted by Crippen LogP contribution is -2.10. The summed E-state index contributed by atoms with van der Waals surface area (Å²) in [6.45, 7) is 1.04. The van der Waals surface area contributed by atoms with Crippen LogP contribution in [0.4, 0.5) is 17.6 Å². The van der Waals surface area contributed by atoms with Gasteiger partial charge < -0.3 is 4.57 Å². The molecule has 7 heteroatoms. The summed E-state index contributed by atoms with van der Waals surface area (Å²) < 4.78 is 51.6. The Labute approximate surface area is 112 Å². The van der Waals surface area contributed by atoms with Crippen LogP contribution in [0.2, 0.25) is 0 Å². The molecule has 0 aliphatic carbocycles. The van der Waals surface area contributed by atoms with Gasteiger partial charge in [-0.05, 0) is 19.1 Å². The van der Waals surface area contributed by atoms with Gasteiger partial charge in [0.1, 0.15) is 5.82 Å². The number of alkyl halides is 5. The summed E-state index contributed by atoms with van der Waals surface area (Å²) >= 11 is 5.89. The maximum atomic E-state index is 12.6. The lowest BCUT2D eigenvalue weighted by molar-refractivity contribution is 0.127. The first-order valence-electron chi connectivity index (χ1n) is 5.60. The Bertz CT molecular complexity index is 580. The molecule has 1 unspecified atom stereocenters. The molecule has 0 fully saturated rings. The Morgan fingerprint density at radius 3 is 2.47 bits per heavy atom. The van der Waals surface area contributed by atoms with Crippen molar-refractivity contribution in [2.75, 3.05) is 0 Å². The molecule has 1 aromatic carbocycles. The summed E-state index contributed by atoms with van der Waals surface area (Å²) in [5, 5.41) is -0.582. The van der Waals surface area contributed by atoms with Crippen LogP contribution in [-0.4, -0.2) is 16.0 Å². The van der Waals surface area contributed by atoms with Crippen molar-refractivity contribution in [1.29, 1.82) is 0 Å². The van der Waals surface area contributed by atoms with Crippen LogP contribution in [0.5, 0.6) is 0 Å². The molecule has 0 spiro atoms. The van der Waals surface area contributed by atoms with Crippen LogP contribution >= 0.6 is 11.6 Å². The minimum Gasteiger partial charge on any atom is -0.321 e. The number of benzene rings is 1. The molecular weight excluding hydrogens is 284 g/mol. The van der Waals surface area contributed by atoms with E-state index < -0.39 is 24.8 Å². The maximum Gasteiger partial charge on any atom is 0.263 e. The van der Waals surface area contributed by atoms with E-state index in [4.69, 9.17) is 11.6 Å². The van der Waals surface area contributed by atoms with E-state index in [0.29, 0.717) is 5.52 Å². The summed E-state index contributed by atoms with van der Waals surface area (Å²) in [5.74, 6) is 0.253. The first-order chi connectivity index (χ1) is 8.90. The van der Waals surface area contributed by atoms with Gasteiger partial charge in [-0.2, -0.15) is 0 Å². The third kappa shape index (κ3) is 2.83. The number of halogens is 5. The van der Waals surface area contributed by atoms with Gasteiger partial charge in [0, 0.05) is 5.56 Å². The predicted molar refractivity (Wildman–Crippen MR) is 65.0 cm³/mol. The molecule has 2 rings (SSSR count). The van der Waals surface area contributed by atoms with Crippen LogP contribution < -0.4 is 0 Å². The topological polar surface area (TPSA) is 17.8 Å². The van der Waals surface area contributed by atoms with E-state index in [2.05, 4.69) is 4.98 Å². The molecule has 0 saturated carbocycles. The third-order valence-electron chi connectivity index (χ3n) is 2.73. The molecule has 0 saturated heterocycles. The van der Waals surface area contributed by atoms with E-state index in [0.717, 1.165) is 0 Å². The monoisotopic (exact) mass is 294 g/mol. The van der Waals surface area contributed by atoms with Crippen molar-refractivity contribution in [2.24, 2.45) is 0 Å². The van der Waals surface area contributed by atoms with Crippen LogP contribution in [0.25, 0.3) is 11.0 Å². The molecule has 19 heavy (non-hydrogen) atoms. The highest BCUT2D eigenvalue weighted by Gasteiger charge is 2.19. The highest BCUT2D eigenvalue weighted by atomic mass is 35.5. The Balaban J connectivity index is 2.59. The minimum atomic E-state index is -2.62. The van der Waals surface area contributed by atoms with E-state index in [1.54, 1.807) is 6.92 Å². The molecule has 1 aromatic heterocycles. The molecule has 0 N–H and O–H groups in total. The Morgan fingerprint density at radius 2 is 1.95 bits per heavy atom. The molecular formula is C12H11ClF4N2. The van der Waals surface area contributed by atoms with Gasteiger partial charge in [-0.15, -0.1) is 11.6 Å². The van der Waals surface area contributed by atoms with E-state index >= 15 is 0 Å². The fraction of sp³-hybridized carbons (Fsp3) is 0.417. The van der Waals surface area contributed by atoms with Crippen molar-refractivity contribution < 1.29 is 17.6 Å². The fourth-order valence-electron chi connectivity index (χ4n) is 1.93. The standard InChI is InChI=1S/C12H11ClF4N2/c1-6(13)12-18-8-4-7(11(16)17)2-3-9(8)19(12)5-10(14)15/h2-4,6,10-11H,5H2,1H3. The molecule has 0 aliphatic heterocycles. The van der Waals surface area contributed by atoms with Crippen LogP contribution in [-0.2, 0) is 6.54 Å². The molecule has 0 bridgehead atoms. The number of fused-ring (bicyclic) bond motifs is 1. The number of hydrogen-bond donors (Lipinski definition) is 0. The second-order valence-corrected chi connectivity index (χ2v) is 4.79. The SMILES string of the molecule is CC(Cl)c1nc2cc(C(F)F)ccc2n1CC(F)F. The molecule has 0 aliphatic rings. The average Bonchev–Trinajstić information content (AvgIpc) is 2.66. The first-order valence-corrected chi connectivity index (χ1v) is 6.04. The second-order valence-electron chi connectivity index (χ2n) is 4.14. The summed E-state index contributed by atoms with van der Waals surface area (Å²) in [7, 11) is 0. The van der Waals surface area contributed by atoms with Gasteiger partial charge in [0.05, 0.1) is 23.0 Å². The third-order valence-corrected chi connectivity index (χ3v) is 2.93. The van der Waals surface area contributed by atoms with Crippen LogP contribution in [0.15, 0.2) is 18.2 Å². The summed E-state index contributed by atoms with van der Waals surface area (Å²) in [6.07, 6.45) is -5.19. The quantitative estimate of drug-likeness (QED) is 0.598. The van der Waals surface area contributed by atoms with Crippen molar-refractivity contribution in [3.8, 4) is 0 Å². The van der Waals surface area contributed by atoms with Crippen molar-refractivity contribution in [3.05, 3.63) is 29.6 Å². The molecule has 2 aromatic rings. The van der Waals surface area contributed by atoms with Gasteiger partial charge in [0.15, 0.2) is 0 Å². The largest absolute Gasteiger partial charge is 0.321 e. The average molecular weight is 295 g/mol. The minimum absolute atomic E-state index is 0.192. The fourth-order valence-corrected chi connectivity index (χ4v) is 2.10.